The van der Waals surface area contributed by atoms with Crippen molar-refractivity contribution in [1.82, 2.24) is 10.4 Å². The van der Waals surface area contributed by atoms with Crippen molar-refractivity contribution in [3.8, 4) is 23.3 Å². The van der Waals surface area contributed by atoms with Crippen LogP contribution in [0, 0.1) is 11.8 Å². The van der Waals surface area contributed by atoms with Crippen LogP contribution in [0.4, 0.5) is 4.79 Å². The third kappa shape index (κ3) is 6.99. The number of hydroxylamine groups is 2. The first-order chi connectivity index (χ1) is 19.6. The molecule has 41 heavy (non-hydrogen) atoms. The number of ether oxygens (including phenoxy) is 3. The van der Waals surface area contributed by atoms with Crippen LogP contribution < -0.4 is 14.8 Å². The van der Waals surface area contributed by atoms with Crippen molar-refractivity contribution < 1.29 is 23.8 Å². The number of hydrogen-bond acceptors (Lipinski definition) is 8. The molecule has 0 spiro atoms. The van der Waals surface area contributed by atoms with Gasteiger partial charge in [-0.25, -0.2) is 19.7 Å². The van der Waals surface area contributed by atoms with E-state index in [1.807, 2.05) is 56.3 Å². The van der Waals surface area contributed by atoms with Gasteiger partial charge in [0.1, 0.15) is 11.9 Å². The molecule has 2 saturated carbocycles. The van der Waals surface area contributed by atoms with Crippen LogP contribution in [0.3, 0.4) is 0 Å². The summed E-state index contributed by atoms with van der Waals surface area (Å²) in [6.45, 7) is 7.51. The fourth-order valence-corrected chi connectivity index (χ4v) is 6.51. The van der Waals surface area contributed by atoms with Gasteiger partial charge >= 0.3 is 6.09 Å². The van der Waals surface area contributed by atoms with Crippen LogP contribution >= 0.6 is 11.3 Å². The molecule has 0 radical (unpaired) electrons. The number of alkyl carbamates (subject to hydrolysis) is 1. The number of methoxy groups -OCH3 is 1. The number of rotatable bonds is 6. The third-order valence-corrected chi connectivity index (χ3v) is 8.65. The minimum Gasteiger partial charge on any atom is -0.493 e. The molecule has 1 N–H and O–H groups in total. The molecule has 8 nitrogen and oxygen atoms in total. The zero-order chi connectivity index (χ0) is 29.0. The molecular weight excluding hydrogens is 538 g/mol. The van der Waals surface area contributed by atoms with Gasteiger partial charge in [0.25, 0.3) is 0 Å². The van der Waals surface area contributed by atoms with Gasteiger partial charge in [-0.2, -0.15) is 0 Å². The highest BCUT2D eigenvalue weighted by Crippen LogP contribution is 2.45. The van der Waals surface area contributed by atoms with Crippen molar-refractivity contribution in [3.05, 3.63) is 46.2 Å². The minimum absolute atomic E-state index is 0.119. The predicted molar refractivity (Wildman–Crippen MR) is 160 cm³/mol. The Balaban J connectivity index is 1.54. The Morgan fingerprint density at radius 2 is 2.00 bits per heavy atom. The number of amides is 1. The Morgan fingerprint density at radius 1 is 1.20 bits per heavy atom. The largest absolute Gasteiger partial charge is 0.493 e. The fourth-order valence-electron chi connectivity index (χ4n) is 5.94. The van der Waals surface area contributed by atoms with Gasteiger partial charge in [0.2, 0.25) is 0 Å². The molecule has 220 valence electrons. The molecule has 0 saturated heterocycles. The Hall–Kier alpha value is -3.22. The number of carbonyl (C=O) groups excluding carboxylic acids is 1. The number of nitrogens with zero attached hydrogens (tertiary/aromatic N) is 2. The van der Waals surface area contributed by atoms with Crippen molar-refractivity contribution in [3.63, 3.8) is 0 Å². The molecule has 4 atom stereocenters. The zero-order valence-corrected chi connectivity index (χ0v) is 25.5. The Labute approximate surface area is 247 Å². The summed E-state index contributed by atoms with van der Waals surface area (Å²) in [5.41, 5.74) is -0.174. The molecular formula is C32H41N3O5S. The quantitative estimate of drug-likeness (QED) is 0.397. The van der Waals surface area contributed by atoms with Crippen molar-refractivity contribution in [1.29, 1.82) is 0 Å². The number of thiophene rings is 1. The van der Waals surface area contributed by atoms with E-state index in [4.69, 9.17) is 19.0 Å². The van der Waals surface area contributed by atoms with E-state index in [1.54, 1.807) is 24.8 Å². The number of benzene rings is 1. The first-order valence-electron chi connectivity index (χ1n) is 14.5. The van der Waals surface area contributed by atoms with E-state index in [1.165, 1.54) is 12.8 Å². The molecule has 5 rings (SSSR count). The van der Waals surface area contributed by atoms with Gasteiger partial charge in [-0.1, -0.05) is 24.0 Å². The van der Waals surface area contributed by atoms with E-state index in [2.05, 4.69) is 34.3 Å². The maximum Gasteiger partial charge on any atom is 0.407 e. The summed E-state index contributed by atoms with van der Waals surface area (Å²) in [6, 6.07) is 9.88. The summed E-state index contributed by atoms with van der Waals surface area (Å²) >= 11 is 1.62. The van der Waals surface area contributed by atoms with Crippen LogP contribution in [0.5, 0.6) is 11.5 Å². The monoisotopic (exact) mass is 579 g/mol. The Morgan fingerprint density at radius 3 is 2.66 bits per heavy atom. The van der Waals surface area contributed by atoms with Crippen molar-refractivity contribution >= 4 is 23.8 Å². The summed E-state index contributed by atoms with van der Waals surface area (Å²) in [7, 11) is 1.68. The summed E-state index contributed by atoms with van der Waals surface area (Å²) in [6.07, 6.45) is 7.70. The molecule has 2 unspecified atom stereocenters. The van der Waals surface area contributed by atoms with E-state index in [-0.39, 0.29) is 24.4 Å². The molecule has 0 bridgehead atoms. The van der Waals surface area contributed by atoms with E-state index < -0.39 is 17.1 Å². The lowest BCUT2D eigenvalue weighted by Gasteiger charge is -2.46. The zero-order valence-electron chi connectivity index (χ0n) is 24.6. The van der Waals surface area contributed by atoms with Crippen molar-refractivity contribution in [2.45, 2.75) is 108 Å². The smallest absolute Gasteiger partial charge is 0.407 e. The van der Waals surface area contributed by atoms with Gasteiger partial charge in [-0.15, -0.1) is 11.3 Å². The second-order valence-electron chi connectivity index (χ2n) is 12.1. The van der Waals surface area contributed by atoms with Gasteiger partial charge in [0.05, 0.1) is 29.5 Å². The van der Waals surface area contributed by atoms with E-state index in [9.17, 15) is 4.79 Å². The topological polar surface area (TPSA) is 81.6 Å². The lowest BCUT2D eigenvalue weighted by Crippen LogP contribution is -2.56. The highest BCUT2D eigenvalue weighted by Gasteiger charge is 2.49. The number of aliphatic imine (C=N–C) groups is 1. The van der Waals surface area contributed by atoms with Crippen LogP contribution in [-0.2, 0) is 15.0 Å². The van der Waals surface area contributed by atoms with Gasteiger partial charge in [0.15, 0.2) is 17.7 Å². The average molecular weight is 580 g/mol. The molecule has 2 heterocycles. The second kappa shape index (κ2) is 12.3. The highest BCUT2D eigenvalue weighted by molar-refractivity contribution is 7.10. The van der Waals surface area contributed by atoms with E-state index in [0.717, 1.165) is 35.5 Å². The lowest BCUT2D eigenvalue weighted by molar-refractivity contribution is -0.156. The first kappa shape index (κ1) is 29.3. The maximum atomic E-state index is 12.7. The SMILES string of the molecule is COc1ccc([C@@]2(C#Cc3cccs3)CC[C@H](NC(=O)OC(C)(C)C)CC2N2C=NC(C)O2)cc1OC1CCCC1. The molecule has 2 aliphatic carbocycles. The average Bonchev–Trinajstić information content (AvgIpc) is 3.71. The molecule has 2 fully saturated rings. The Kier molecular flexibility index (Phi) is 8.81. The minimum atomic E-state index is -0.633. The lowest BCUT2D eigenvalue weighted by atomic mass is 9.65. The van der Waals surface area contributed by atoms with Crippen LogP contribution in [0.1, 0.15) is 83.1 Å². The van der Waals surface area contributed by atoms with Gasteiger partial charge in [-0.3, -0.25) is 0 Å². The number of carbonyl (C=O) groups is 1. The Bertz CT molecular complexity index is 1290. The normalized spacial score (nSPS) is 26.4. The van der Waals surface area contributed by atoms with E-state index >= 15 is 0 Å². The second-order valence-corrected chi connectivity index (χ2v) is 13.0. The summed E-state index contributed by atoms with van der Waals surface area (Å²) in [4.78, 5) is 24.4. The summed E-state index contributed by atoms with van der Waals surface area (Å²) < 4.78 is 17.8. The van der Waals surface area contributed by atoms with Crippen LogP contribution in [0.15, 0.2) is 40.7 Å². The van der Waals surface area contributed by atoms with Gasteiger partial charge in [0, 0.05) is 6.04 Å². The first-order valence-corrected chi connectivity index (χ1v) is 15.4. The molecule has 2 aromatic rings. The maximum absolute atomic E-state index is 12.7. The molecule has 1 aliphatic heterocycles. The van der Waals surface area contributed by atoms with Crippen LogP contribution in [-0.4, -0.2) is 54.6 Å². The molecule has 9 heteroatoms. The molecule has 1 amide bonds. The highest BCUT2D eigenvalue weighted by atomic mass is 32.1. The molecule has 1 aromatic heterocycles. The van der Waals surface area contributed by atoms with Gasteiger partial charge in [-0.05, 0) is 102 Å². The molecule has 1 aromatic carbocycles. The van der Waals surface area contributed by atoms with E-state index in [0.29, 0.717) is 18.6 Å². The van der Waals surface area contributed by atoms with Crippen molar-refractivity contribution in [2.75, 3.05) is 7.11 Å². The predicted octanol–water partition coefficient (Wildman–Crippen LogP) is 6.43. The standard InChI is InChI=1S/C32H41N3O5S/c1-22-33-21-35(40-22)29-20-24(34-30(36)39-31(2,3)4)14-16-32(29,17-15-26-11-8-18-41-26)23-12-13-27(37-5)28(19-23)38-25-9-6-7-10-25/h8,11-13,18-19,21-22,24-25,29H,6-7,9-10,14,16,20H2,1-5H3,(H,34,36)/t22?,24-,29?,32-/m0/s1. The van der Waals surface area contributed by atoms with Gasteiger partial charge < -0.3 is 19.5 Å². The number of hydrogen-bond donors (Lipinski definition) is 1. The van der Waals surface area contributed by atoms with Crippen molar-refractivity contribution in [2.24, 2.45) is 4.99 Å². The van der Waals surface area contributed by atoms with Crippen LogP contribution in [0.25, 0.3) is 0 Å². The summed E-state index contributed by atoms with van der Waals surface area (Å²) in [5, 5.41) is 6.97. The number of nitrogens with one attached hydrogen (secondary N) is 1. The fraction of sp³-hybridized carbons (Fsp3) is 0.562. The third-order valence-electron chi connectivity index (χ3n) is 7.86. The molecule has 3 aliphatic rings. The summed E-state index contributed by atoms with van der Waals surface area (Å²) in [5.74, 6) is 8.62. The van der Waals surface area contributed by atoms with Crippen LogP contribution in [0.2, 0.25) is 0 Å².